The molecule has 8 rings (SSSR count). The van der Waals surface area contributed by atoms with Crippen molar-refractivity contribution in [2.75, 3.05) is 0 Å². The maximum atomic E-state index is 12.3. The van der Waals surface area contributed by atoms with E-state index in [4.69, 9.17) is 14.3 Å². The van der Waals surface area contributed by atoms with E-state index < -0.39 is 18.5 Å². The number of oxazole rings is 1. The lowest BCUT2D eigenvalue weighted by Crippen LogP contribution is -2.17. The van der Waals surface area contributed by atoms with Gasteiger partial charge in [-0.3, -0.25) is 9.36 Å². The van der Waals surface area contributed by atoms with Crippen LogP contribution >= 0.6 is 0 Å². The van der Waals surface area contributed by atoms with Gasteiger partial charge < -0.3 is 23.7 Å². The van der Waals surface area contributed by atoms with Crippen LogP contribution in [0.5, 0.6) is 17.2 Å². The van der Waals surface area contributed by atoms with Gasteiger partial charge in [-0.25, -0.2) is 34.7 Å². The van der Waals surface area contributed by atoms with Gasteiger partial charge in [-0.1, -0.05) is 0 Å². The number of hydrogen-bond acceptors (Lipinski definition) is 13. The van der Waals surface area contributed by atoms with Crippen LogP contribution in [0.15, 0.2) is 119 Å². The second-order valence-electron chi connectivity index (χ2n) is 11.5. The van der Waals surface area contributed by atoms with E-state index in [9.17, 15) is 35.9 Å². The van der Waals surface area contributed by atoms with E-state index in [0.717, 1.165) is 0 Å². The van der Waals surface area contributed by atoms with Crippen molar-refractivity contribution in [2.45, 2.75) is 32.3 Å². The summed E-state index contributed by atoms with van der Waals surface area (Å²) in [5.74, 6) is -1.18. The molecule has 57 heavy (non-hydrogen) atoms. The number of aliphatic hydroxyl groups excluding tert-OH is 1. The molecule has 1 N–H and O–H groups in total. The number of ether oxygens (including phenoxy) is 3. The summed E-state index contributed by atoms with van der Waals surface area (Å²) < 4.78 is 92.1. The number of carbonyl (C=O) groups is 1. The summed E-state index contributed by atoms with van der Waals surface area (Å²) in [5, 5.41) is 8.45. The SMILES string of the molecule is O=C1Cc2nc(-c3ccc(OC(F)(F)F)cc3)ccc2O1.O=c1oc2ccc(-c3ccc(OC(F)(F)F)cc3)nc2n1Cc1ccncn1.OCc1ccncn1. The maximum absolute atomic E-state index is 12.3. The van der Waals surface area contributed by atoms with Crippen LogP contribution in [0, 0.1) is 0 Å². The van der Waals surface area contributed by atoms with E-state index in [1.807, 2.05) is 0 Å². The highest BCUT2D eigenvalue weighted by atomic mass is 19.4. The average Bonchev–Trinajstić information content (AvgIpc) is 3.72. The van der Waals surface area contributed by atoms with Crippen LogP contribution in [0.25, 0.3) is 33.7 Å². The quantitative estimate of drug-likeness (QED) is 0.137. The van der Waals surface area contributed by atoms with Crippen LogP contribution in [0.1, 0.15) is 17.1 Å². The van der Waals surface area contributed by atoms with Crippen molar-refractivity contribution in [3.63, 3.8) is 0 Å². The molecule has 14 nitrogen and oxygen atoms in total. The molecule has 0 spiro atoms. The van der Waals surface area contributed by atoms with Crippen molar-refractivity contribution in [3.05, 3.63) is 138 Å². The van der Waals surface area contributed by atoms with Crippen LogP contribution in [-0.4, -0.2) is 58.3 Å². The smallest absolute Gasteiger partial charge is 0.424 e. The van der Waals surface area contributed by atoms with Crippen molar-refractivity contribution in [3.8, 4) is 39.8 Å². The van der Waals surface area contributed by atoms with Crippen LogP contribution in [-0.2, 0) is 24.4 Å². The van der Waals surface area contributed by atoms with Gasteiger partial charge >= 0.3 is 24.5 Å². The highest BCUT2D eigenvalue weighted by Crippen LogP contribution is 2.30. The number of esters is 1. The molecule has 2 aromatic carbocycles. The van der Waals surface area contributed by atoms with Crippen molar-refractivity contribution in [2.24, 2.45) is 0 Å². The number of aromatic nitrogens is 7. The Morgan fingerprint density at radius 2 is 1.23 bits per heavy atom. The van der Waals surface area contributed by atoms with E-state index in [-0.39, 0.29) is 37.0 Å². The van der Waals surface area contributed by atoms with E-state index in [2.05, 4.69) is 39.4 Å². The zero-order chi connectivity index (χ0) is 40.6. The van der Waals surface area contributed by atoms with E-state index in [1.165, 1.54) is 65.8 Å². The molecule has 0 saturated carbocycles. The zero-order valence-corrected chi connectivity index (χ0v) is 28.8. The van der Waals surface area contributed by atoms with E-state index in [1.54, 1.807) is 48.8 Å². The third-order valence-electron chi connectivity index (χ3n) is 7.52. The molecule has 0 unspecified atom stereocenters. The zero-order valence-electron chi connectivity index (χ0n) is 28.8. The summed E-state index contributed by atoms with van der Waals surface area (Å²) in [6.45, 7) is 0.131. The van der Waals surface area contributed by atoms with Gasteiger partial charge in [-0.15, -0.1) is 26.3 Å². The largest absolute Gasteiger partial charge is 0.573 e. The fraction of sp³-hybridized carbons (Fsp3) is 0.135. The summed E-state index contributed by atoms with van der Waals surface area (Å²) in [5.41, 5.74) is 4.55. The second kappa shape index (κ2) is 17.1. The monoisotopic (exact) mass is 793 g/mol. The maximum Gasteiger partial charge on any atom is 0.573 e. The van der Waals surface area contributed by atoms with Gasteiger partial charge in [0.2, 0.25) is 0 Å². The Morgan fingerprint density at radius 3 is 1.74 bits per heavy atom. The lowest BCUT2D eigenvalue weighted by Gasteiger charge is -2.09. The Hall–Kier alpha value is -7.22. The number of halogens is 6. The van der Waals surface area contributed by atoms with Gasteiger partial charge in [0.25, 0.3) is 0 Å². The molecule has 7 aromatic rings. The Labute approximate surface area is 316 Å². The normalized spacial score (nSPS) is 12.1. The van der Waals surface area contributed by atoms with Crippen LogP contribution < -0.4 is 20.0 Å². The van der Waals surface area contributed by atoms with Gasteiger partial charge in [-0.05, 0) is 84.9 Å². The number of fused-ring (bicyclic) bond motifs is 2. The molecule has 0 amide bonds. The van der Waals surface area contributed by atoms with Crippen molar-refractivity contribution in [1.29, 1.82) is 0 Å². The lowest BCUT2D eigenvalue weighted by atomic mass is 10.1. The summed E-state index contributed by atoms with van der Waals surface area (Å²) in [7, 11) is 0. The van der Waals surface area contributed by atoms with E-state index >= 15 is 0 Å². The first kappa shape index (κ1) is 39.5. The number of aliphatic hydroxyl groups is 1. The van der Waals surface area contributed by atoms with Crippen molar-refractivity contribution in [1.82, 2.24) is 34.5 Å². The number of carbonyl (C=O) groups excluding carboxylic acids is 1. The fourth-order valence-corrected chi connectivity index (χ4v) is 5.05. The molecule has 20 heteroatoms. The first-order valence-corrected chi connectivity index (χ1v) is 16.3. The molecule has 6 heterocycles. The Balaban J connectivity index is 0.000000166. The topological polar surface area (TPSA) is 177 Å². The Bertz CT molecular complexity index is 2500. The molecule has 0 bridgehead atoms. The number of alkyl halides is 6. The van der Waals surface area contributed by atoms with Gasteiger partial charge in [0.05, 0.1) is 48.0 Å². The first-order chi connectivity index (χ1) is 27.2. The molecule has 0 aliphatic carbocycles. The summed E-state index contributed by atoms with van der Waals surface area (Å²) in [6, 6.07) is 20.4. The number of benzene rings is 2. The molecular weight excluding hydrogens is 768 g/mol. The van der Waals surface area contributed by atoms with Crippen LogP contribution in [0.2, 0.25) is 0 Å². The molecule has 0 fully saturated rings. The van der Waals surface area contributed by atoms with Crippen molar-refractivity contribution >= 4 is 17.2 Å². The fourth-order valence-electron chi connectivity index (χ4n) is 5.05. The number of pyridine rings is 2. The summed E-state index contributed by atoms with van der Waals surface area (Å²) in [4.78, 5) is 47.3. The second-order valence-corrected chi connectivity index (χ2v) is 11.5. The van der Waals surface area contributed by atoms with Gasteiger partial charge in [0, 0.05) is 23.5 Å². The Morgan fingerprint density at radius 1 is 0.684 bits per heavy atom. The predicted molar refractivity (Wildman–Crippen MR) is 185 cm³/mol. The molecule has 1 aliphatic heterocycles. The summed E-state index contributed by atoms with van der Waals surface area (Å²) >= 11 is 0. The van der Waals surface area contributed by atoms with Crippen molar-refractivity contribution < 1.29 is 54.9 Å². The average molecular weight is 794 g/mol. The summed E-state index contributed by atoms with van der Waals surface area (Å²) in [6.07, 6.45) is -3.45. The highest BCUT2D eigenvalue weighted by molar-refractivity contribution is 5.80. The molecule has 0 atom stereocenters. The highest BCUT2D eigenvalue weighted by Gasteiger charge is 2.32. The van der Waals surface area contributed by atoms with Gasteiger partial charge in [0.15, 0.2) is 17.0 Å². The molecular formula is C37H25F6N7O7. The minimum Gasteiger partial charge on any atom is -0.424 e. The molecule has 1 aliphatic rings. The third kappa shape index (κ3) is 10.9. The van der Waals surface area contributed by atoms with Gasteiger partial charge in [0.1, 0.15) is 24.2 Å². The van der Waals surface area contributed by atoms with E-state index in [0.29, 0.717) is 56.6 Å². The minimum absolute atomic E-state index is 0.0114. The molecule has 292 valence electrons. The molecule has 0 radical (unpaired) electrons. The molecule has 0 saturated heterocycles. The minimum atomic E-state index is -4.76. The van der Waals surface area contributed by atoms with Gasteiger partial charge in [-0.2, -0.15) is 0 Å². The number of rotatable bonds is 7. The number of nitrogens with zero attached hydrogens (tertiary/aromatic N) is 7. The third-order valence-corrected chi connectivity index (χ3v) is 7.52. The molecule has 5 aromatic heterocycles. The first-order valence-electron chi connectivity index (χ1n) is 16.3. The van der Waals surface area contributed by atoms with Crippen LogP contribution in [0.3, 0.4) is 0 Å². The standard InChI is InChI=1S/C18H11F3N4O3.C14H8F3NO3.C5H6N2O/c19-18(20,21)28-13-3-1-11(2-4-13)14-5-6-15-16(24-14)25(17(26)27-15)9-12-7-8-22-10-23-12;15-14(16,17)21-9-3-1-8(2-4-9)10-5-6-12-11(18-10)7-13(19)20-12;8-3-5-1-2-6-4-7-5/h1-8,10H,9H2;1-6H,7H2;1-2,4,8H,3H2. The lowest BCUT2D eigenvalue weighted by molar-refractivity contribution is -0.275. The number of hydrogen-bond donors (Lipinski definition) is 1. The van der Waals surface area contributed by atoms with Crippen LogP contribution in [0.4, 0.5) is 26.3 Å². The predicted octanol–water partition coefficient (Wildman–Crippen LogP) is 6.47. The Kier molecular flexibility index (Phi) is 11.8.